The molecule has 0 bridgehead atoms. The Labute approximate surface area is 121 Å². The molecule has 1 aliphatic carbocycles. The largest absolute Gasteiger partial charge is 0.370 e. The van der Waals surface area contributed by atoms with Crippen molar-refractivity contribution in [1.29, 1.82) is 0 Å². The van der Waals surface area contributed by atoms with E-state index in [1.807, 2.05) is 19.1 Å². The van der Waals surface area contributed by atoms with E-state index in [1.54, 1.807) is 6.20 Å². The summed E-state index contributed by atoms with van der Waals surface area (Å²) in [5, 5.41) is 6.28. The molecular weight excluding hydrogens is 250 g/mol. The molecular formula is C16H25N3O. The summed E-state index contributed by atoms with van der Waals surface area (Å²) in [6, 6.07) is 4.02. The van der Waals surface area contributed by atoms with E-state index in [9.17, 15) is 4.79 Å². The monoisotopic (exact) mass is 275 g/mol. The number of anilines is 1. The summed E-state index contributed by atoms with van der Waals surface area (Å²) < 4.78 is 0. The van der Waals surface area contributed by atoms with Gasteiger partial charge in [-0.2, -0.15) is 0 Å². The molecule has 2 N–H and O–H groups in total. The molecule has 0 saturated heterocycles. The molecule has 0 atom stereocenters. The highest BCUT2D eigenvalue weighted by atomic mass is 16.1. The first-order valence-electron chi connectivity index (χ1n) is 7.80. The van der Waals surface area contributed by atoms with E-state index < -0.39 is 0 Å². The van der Waals surface area contributed by atoms with Gasteiger partial charge in [0.2, 0.25) is 0 Å². The molecule has 110 valence electrons. The Morgan fingerprint density at radius 1 is 1.20 bits per heavy atom. The Hall–Kier alpha value is -1.58. The second-order valence-corrected chi connectivity index (χ2v) is 5.48. The fraction of sp³-hybridized carbons (Fsp3) is 0.625. The van der Waals surface area contributed by atoms with Gasteiger partial charge in [-0.1, -0.05) is 32.1 Å². The van der Waals surface area contributed by atoms with Gasteiger partial charge in [-0.05, 0) is 31.9 Å². The van der Waals surface area contributed by atoms with Crippen LogP contribution < -0.4 is 10.6 Å². The standard InChI is InChI=1S/C16H25N3O/c1-2-17-15-11-10-13(12-18-15)16(20)19-14-8-6-4-3-5-7-9-14/h10-12,14H,2-9H2,1H3,(H,17,18)(H,19,20). The van der Waals surface area contributed by atoms with Crippen molar-refractivity contribution in [3.8, 4) is 0 Å². The van der Waals surface area contributed by atoms with Gasteiger partial charge in [-0.3, -0.25) is 4.79 Å². The molecule has 1 fully saturated rings. The maximum atomic E-state index is 12.2. The summed E-state index contributed by atoms with van der Waals surface area (Å²) in [6.45, 7) is 2.86. The van der Waals surface area contributed by atoms with Crippen molar-refractivity contribution >= 4 is 11.7 Å². The number of carbonyl (C=O) groups excluding carboxylic acids is 1. The molecule has 1 aromatic rings. The molecule has 2 rings (SSSR count). The molecule has 1 heterocycles. The molecule has 0 aromatic carbocycles. The van der Waals surface area contributed by atoms with E-state index in [4.69, 9.17) is 0 Å². The van der Waals surface area contributed by atoms with Gasteiger partial charge in [-0.15, -0.1) is 0 Å². The van der Waals surface area contributed by atoms with Crippen LogP contribution in [0.2, 0.25) is 0 Å². The lowest BCUT2D eigenvalue weighted by Gasteiger charge is -2.21. The fourth-order valence-corrected chi connectivity index (χ4v) is 2.68. The summed E-state index contributed by atoms with van der Waals surface area (Å²) in [4.78, 5) is 16.5. The second kappa shape index (κ2) is 7.88. The van der Waals surface area contributed by atoms with Crippen LogP contribution in [-0.4, -0.2) is 23.5 Å². The predicted octanol–water partition coefficient (Wildman–Crippen LogP) is 3.36. The van der Waals surface area contributed by atoms with E-state index in [0.29, 0.717) is 11.6 Å². The SMILES string of the molecule is CCNc1ccc(C(=O)NC2CCCCCCC2)cn1. The number of nitrogens with zero attached hydrogens (tertiary/aromatic N) is 1. The van der Waals surface area contributed by atoms with Gasteiger partial charge in [-0.25, -0.2) is 4.98 Å². The van der Waals surface area contributed by atoms with E-state index in [0.717, 1.165) is 25.2 Å². The van der Waals surface area contributed by atoms with Crippen LogP contribution in [0.5, 0.6) is 0 Å². The molecule has 1 saturated carbocycles. The van der Waals surface area contributed by atoms with Gasteiger partial charge in [0.25, 0.3) is 5.91 Å². The first kappa shape index (κ1) is 14.8. The Morgan fingerprint density at radius 2 is 1.90 bits per heavy atom. The lowest BCUT2D eigenvalue weighted by molar-refractivity contribution is 0.0930. The highest BCUT2D eigenvalue weighted by Crippen LogP contribution is 2.17. The first-order valence-corrected chi connectivity index (χ1v) is 7.80. The van der Waals surface area contributed by atoms with E-state index in [-0.39, 0.29) is 5.91 Å². The summed E-state index contributed by atoms with van der Waals surface area (Å²) in [6.07, 6.45) is 10.2. The van der Waals surface area contributed by atoms with Crippen molar-refractivity contribution < 1.29 is 4.79 Å². The van der Waals surface area contributed by atoms with E-state index in [1.165, 1.54) is 32.1 Å². The van der Waals surface area contributed by atoms with Crippen molar-refractivity contribution in [3.05, 3.63) is 23.9 Å². The van der Waals surface area contributed by atoms with Crippen molar-refractivity contribution in [2.45, 2.75) is 57.9 Å². The zero-order valence-electron chi connectivity index (χ0n) is 12.3. The average Bonchev–Trinajstić information content (AvgIpc) is 2.43. The van der Waals surface area contributed by atoms with Crippen molar-refractivity contribution in [3.63, 3.8) is 0 Å². The molecule has 1 aromatic heterocycles. The lowest BCUT2D eigenvalue weighted by Crippen LogP contribution is -2.35. The molecule has 4 heteroatoms. The van der Waals surface area contributed by atoms with Crippen molar-refractivity contribution in [1.82, 2.24) is 10.3 Å². The van der Waals surface area contributed by atoms with Gasteiger partial charge < -0.3 is 10.6 Å². The highest BCUT2D eigenvalue weighted by Gasteiger charge is 2.15. The molecule has 0 spiro atoms. The minimum atomic E-state index is 0.00567. The molecule has 1 amide bonds. The number of rotatable bonds is 4. The smallest absolute Gasteiger partial charge is 0.253 e. The summed E-state index contributed by atoms with van der Waals surface area (Å²) in [5.41, 5.74) is 0.647. The average molecular weight is 275 g/mol. The van der Waals surface area contributed by atoms with Crippen molar-refractivity contribution in [2.75, 3.05) is 11.9 Å². The predicted molar refractivity (Wildman–Crippen MR) is 82.0 cm³/mol. The highest BCUT2D eigenvalue weighted by molar-refractivity contribution is 5.94. The number of carbonyl (C=O) groups is 1. The third kappa shape index (κ3) is 4.51. The van der Waals surface area contributed by atoms with Gasteiger partial charge >= 0.3 is 0 Å². The quantitative estimate of drug-likeness (QED) is 0.886. The maximum Gasteiger partial charge on any atom is 0.253 e. The minimum Gasteiger partial charge on any atom is -0.370 e. The van der Waals surface area contributed by atoms with Crippen LogP contribution in [0.15, 0.2) is 18.3 Å². The van der Waals surface area contributed by atoms with Gasteiger partial charge in [0.05, 0.1) is 5.56 Å². The van der Waals surface area contributed by atoms with Gasteiger partial charge in [0.15, 0.2) is 0 Å². The number of amides is 1. The Morgan fingerprint density at radius 3 is 2.50 bits per heavy atom. The van der Waals surface area contributed by atoms with Crippen LogP contribution in [0.1, 0.15) is 62.2 Å². The van der Waals surface area contributed by atoms with Gasteiger partial charge in [0, 0.05) is 18.8 Å². The van der Waals surface area contributed by atoms with Crippen LogP contribution in [0.25, 0.3) is 0 Å². The topological polar surface area (TPSA) is 54.0 Å². The summed E-state index contributed by atoms with van der Waals surface area (Å²) in [5.74, 6) is 0.820. The summed E-state index contributed by atoms with van der Waals surface area (Å²) in [7, 11) is 0. The van der Waals surface area contributed by atoms with Crippen molar-refractivity contribution in [2.24, 2.45) is 0 Å². The number of nitrogens with one attached hydrogen (secondary N) is 2. The third-order valence-corrected chi connectivity index (χ3v) is 3.82. The Bertz CT molecular complexity index is 408. The van der Waals surface area contributed by atoms with Gasteiger partial charge in [0.1, 0.15) is 5.82 Å². The molecule has 0 radical (unpaired) electrons. The van der Waals surface area contributed by atoms with Crippen LogP contribution in [0.3, 0.4) is 0 Å². The zero-order chi connectivity index (χ0) is 14.2. The number of aromatic nitrogens is 1. The summed E-state index contributed by atoms with van der Waals surface area (Å²) >= 11 is 0. The lowest BCUT2D eigenvalue weighted by atomic mass is 9.96. The Balaban J connectivity index is 1.89. The first-order chi connectivity index (χ1) is 9.79. The Kier molecular flexibility index (Phi) is 5.84. The number of hydrogen-bond donors (Lipinski definition) is 2. The maximum absolute atomic E-state index is 12.2. The minimum absolute atomic E-state index is 0.00567. The number of pyridine rings is 1. The van der Waals surface area contributed by atoms with Crippen LogP contribution in [0.4, 0.5) is 5.82 Å². The van der Waals surface area contributed by atoms with Crippen LogP contribution >= 0.6 is 0 Å². The molecule has 20 heavy (non-hydrogen) atoms. The normalized spacial score (nSPS) is 17.1. The van der Waals surface area contributed by atoms with Crippen LogP contribution in [-0.2, 0) is 0 Å². The van der Waals surface area contributed by atoms with E-state index >= 15 is 0 Å². The molecule has 0 aliphatic heterocycles. The molecule has 1 aliphatic rings. The number of hydrogen-bond acceptors (Lipinski definition) is 3. The van der Waals surface area contributed by atoms with Crippen LogP contribution in [0, 0.1) is 0 Å². The molecule has 4 nitrogen and oxygen atoms in total. The second-order valence-electron chi connectivity index (χ2n) is 5.48. The fourth-order valence-electron chi connectivity index (χ4n) is 2.68. The molecule has 0 unspecified atom stereocenters. The van der Waals surface area contributed by atoms with E-state index in [2.05, 4.69) is 15.6 Å². The zero-order valence-corrected chi connectivity index (χ0v) is 12.3. The third-order valence-electron chi connectivity index (χ3n) is 3.82.